The van der Waals surface area contributed by atoms with Gasteiger partial charge in [0.05, 0.1) is 12.7 Å². The number of aliphatic hydroxyl groups excluding tert-OH is 1. The van der Waals surface area contributed by atoms with E-state index < -0.39 is 12.1 Å². The zero-order chi connectivity index (χ0) is 9.56. The highest BCUT2D eigenvalue weighted by Crippen LogP contribution is 1.92. The van der Waals surface area contributed by atoms with Gasteiger partial charge in [0.1, 0.15) is 0 Å². The van der Waals surface area contributed by atoms with Crippen molar-refractivity contribution in [2.45, 2.75) is 26.4 Å². The van der Waals surface area contributed by atoms with Crippen LogP contribution in [0.5, 0.6) is 0 Å². The van der Waals surface area contributed by atoms with E-state index in [1.54, 1.807) is 13.8 Å². The lowest BCUT2D eigenvalue weighted by atomic mass is 10.3. The fourth-order valence-electron chi connectivity index (χ4n) is 0.558. The van der Waals surface area contributed by atoms with E-state index in [1.165, 1.54) is 6.08 Å². The van der Waals surface area contributed by atoms with Gasteiger partial charge in [-0.2, -0.15) is 0 Å². The molecule has 0 fully saturated rings. The van der Waals surface area contributed by atoms with Crippen molar-refractivity contribution >= 4 is 5.97 Å². The maximum absolute atomic E-state index is 10.8. The highest BCUT2D eigenvalue weighted by atomic mass is 16.5. The first-order chi connectivity index (χ1) is 5.52. The summed E-state index contributed by atoms with van der Waals surface area (Å²) in [7, 11) is 0. The van der Waals surface area contributed by atoms with Gasteiger partial charge in [0.25, 0.3) is 0 Å². The van der Waals surface area contributed by atoms with Crippen LogP contribution in [-0.4, -0.2) is 23.8 Å². The van der Waals surface area contributed by atoms with Crippen molar-refractivity contribution in [2.75, 3.05) is 6.61 Å². The Kier molecular flexibility index (Phi) is 5.12. The third-order valence-corrected chi connectivity index (χ3v) is 1.13. The summed E-state index contributed by atoms with van der Waals surface area (Å²) in [5, 5.41) is 8.82. The lowest BCUT2D eigenvalue weighted by molar-refractivity contribution is -0.138. The molecule has 0 aliphatic heterocycles. The molecule has 0 radical (unpaired) electrons. The summed E-state index contributed by atoms with van der Waals surface area (Å²) in [6, 6.07) is 0. The Balaban J connectivity index is 3.52. The first kappa shape index (κ1) is 11.0. The van der Waals surface area contributed by atoms with E-state index in [0.717, 1.165) is 0 Å². The molecule has 0 saturated heterocycles. The maximum Gasteiger partial charge on any atom is 0.332 e. The molecule has 0 aromatic rings. The number of aliphatic hydroxyl groups is 1. The average molecular weight is 173 g/mol. The minimum Gasteiger partial charge on any atom is -0.462 e. The van der Waals surface area contributed by atoms with Gasteiger partial charge in [-0.25, -0.2) is 4.79 Å². The van der Waals surface area contributed by atoms with Crippen LogP contribution in [0.25, 0.3) is 0 Å². The second-order valence-corrected chi connectivity index (χ2v) is 2.69. The fraction of sp³-hybridized carbons (Fsp3) is 0.625. The van der Waals surface area contributed by atoms with Gasteiger partial charge >= 0.3 is 5.97 Å². The Bertz CT molecular complexity index is 171. The third kappa shape index (κ3) is 7.08. The van der Waals surface area contributed by atoms with Crippen LogP contribution in [0.15, 0.2) is 11.8 Å². The van der Waals surface area contributed by atoms with Crippen LogP contribution in [-0.2, 0) is 9.53 Å². The second-order valence-electron chi connectivity index (χ2n) is 2.69. The predicted molar refractivity (Wildman–Crippen MR) is 45.2 cm³/mol. The fourth-order valence-corrected chi connectivity index (χ4v) is 0.558. The number of carbonyl (C=O) groups excluding carboxylic acids is 1. The Hall–Kier alpha value is -1.03. The van der Waals surface area contributed by atoms with Crippen molar-refractivity contribution in [3.05, 3.63) is 11.8 Å². The van der Waals surface area contributed by atoms with E-state index in [0.29, 0.717) is 12.1 Å². The molecule has 0 amide bonds. The Morgan fingerprint density at radius 2 is 2.33 bits per heavy atom. The van der Waals surface area contributed by atoms with Crippen LogP contribution in [0.2, 0.25) is 0 Å². The molecular formula is C8H15NO3. The molecule has 4 nitrogen and oxygen atoms in total. The van der Waals surface area contributed by atoms with Gasteiger partial charge in [-0.15, -0.1) is 0 Å². The van der Waals surface area contributed by atoms with Crippen LogP contribution >= 0.6 is 0 Å². The number of allylic oxidation sites excluding steroid dienone is 1. The molecule has 1 unspecified atom stereocenters. The van der Waals surface area contributed by atoms with Crippen LogP contribution in [0.3, 0.4) is 0 Å². The number of carbonyl (C=O) groups is 1. The van der Waals surface area contributed by atoms with Crippen LogP contribution < -0.4 is 5.73 Å². The molecule has 0 rings (SSSR count). The van der Waals surface area contributed by atoms with E-state index in [-0.39, 0.29) is 6.61 Å². The lowest BCUT2D eigenvalue weighted by Gasteiger charge is -2.03. The van der Waals surface area contributed by atoms with Gasteiger partial charge in [0.2, 0.25) is 0 Å². The average Bonchev–Trinajstić information content (AvgIpc) is 1.84. The van der Waals surface area contributed by atoms with Crippen molar-refractivity contribution in [1.29, 1.82) is 0 Å². The van der Waals surface area contributed by atoms with Crippen LogP contribution in [0.4, 0.5) is 0 Å². The van der Waals surface area contributed by atoms with Crippen molar-refractivity contribution in [3.8, 4) is 0 Å². The Labute approximate surface area is 72.0 Å². The molecule has 3 N–H and O–H groups in total. The van der Waals surface area contributed by atoms with Gasteiger partial charge in [0, 0.05) is 18.2 Å². The quantitative estimate of drug-likeness (QED) is 0.469. The maximum atomic E-state index is 10.8. The molecule has 70 valence electrons. The molecule has 4 heteroatoms. The van der Waals surface area contributed by atoms with Gasteiger partial charge in [-0.1, -0.05) is 0 Å². The summed E-state index contributed by atoms with van der Waals surface area (Å²) < 4.78 is 4.71. The molecule has 0 spiro atoms. The molecule has 0 bridgehead atoms. The Morgan fingerprint density at radius 3 is 2.75 bits per heavy atom. The van der Waals surface area contributed by atoms with Crippen LogP contribution in [0.1, 0.15) is 20.3 Å². The van der Waals surface area contributed by atoms with Gasteiger partial charge < -0.3 is 15.6 Å². The molecule has 0 saturated carbocycles. The van der Waals surface area contributed by atoms with Crippen LogP contribution in [0, 0.1) is 0 Å². The molecule has 0 aliphatic carbocycles. The first-order valence-corrected chi connectivity index (χ1v) is 3.81. The largest absolute Gasteiger partial charge is 0.462 e. The van der Waals surface area contributed by atoms with Crippen molar-refractivity contribution in [3.63, 3.8) is 0 Å². The molecule has 0 aromatic heterocycles. The topological polar surface area (TPSA) is 72.6 Å². The number of rotatable bonds is 4. The predicted octanol–water partition coefficient (Wildman–Crippen LogP) is 0.163. The smallest absolute Gasteiger partial charge is 0.332 e. The molecule has 0 aromatic carbocycles. The summed E-state index contributed by atoms with van der Waals surface area (Å²) >= 11 is 0. The zero-order valence-corrected chi connectivity index (χ0v) is 7.41. The number of hydrogen-bond acceptors (Lipinski definition) is 4. The van der Waals surface area contributed by atoms with Gasteiger partial charge in [-0.05, 0) is 13.8 Å². The van der Waals surface area contributed by atoms with E-state index in [4.69, 9.17) is 15.6 Å². The van der Waals surface area contributed by atoms with E-state index in [1.807, 2.05) is 0 Å². The molecular weight excluding hydrogens is 158 g/mol. The third-order valence-electron chi connectivity index (χ3n) is 1.13. The highest BCUT2D eigenvalue weighted by molar-refractivity contribution is 5.82. The summed E-state index contributed by atoms with van der Waals surface area (Å²) in [4.78, 5) is 10.8. The number of esters is 1. The normalized spacial score (nSPS) is 14.1. The number of ether oxygens (including phenoxy) is 1. The number of nitrogens with two attached hydrogens (primary N) is 1. The second kappa shape index (κ2) is 5.60. The molecule has 12 heavy (non-hydrogen) atoms. The Morgan fingerprint density at radius 1 is 1.75 bits per heavy atom. The minimum atomic E-state index is -0.462. The standard InChI is InChI=1S/C8H15NO3/c1-6(9)5-8(11)12-4-3-7(2)10/h5,7,10H,3-4,9H2,1-2H3/b6-5-. The van der Waals surface area contributed by atoms with Crippen molar-refractivity contribution in [1.82, 2.24) is 0 Å². The lowest BCUT2D eigenvalue weighted by Crippen LogP contribution is -2.10. The summed E-state index contributed by atoms with van der Waals surface area (Å²) in [5.74, 6) is -0.462. The van der Waals surface area contributed by atoms with Gasteiger partial charge in [-0.3, -0.25) is 0 Å². The molecule has 0 heterocycles. The monoisotopic (exact) mass is 173 g/mol. The molecule has 1 atom stereocenters. The van der Waals surface area contributed by atoms with E-state index in [9.17, 15) is 4.79 Å². The van der Waals surface area contributed by atoms with Gasteiger partial charge in [0.15, 0.2) is 0 Å². The first-order valence-electron chi connectivity index (χ1n) is 3.81. The number of hydrogen-bond donors (Lipinski definition) is 2. The highest BCUT2D eigenvalue weighted by Gasteiger charge is 1.99. The summed E-state index contributed by atoms with van der Waals surface area (Å²) in [5.41, 5.74) is 5.65. The summed E-state index contributed by atoms with van der Waals surface area (Å²) in [6.45, 7) is 3.47. The summed E-state index contributed by atoms with van der Waals surface area (Å²) in [6.07, 6.45) is 1.21. The SMILES string of the molecule is C/C(N)=C/C(=O)OCCC(C)O. The van der Waals surface area contributed by atoms with E-state index >= 15 is 0 Å². The van der Waals surface area contributed by atoms with E-state index in [2.05, 4.69) is 0 Å². The minimum absolute atomic E-state index is 0.223. The molecule has 0 aliphatic rings. The zero-order valence-electron chi connectivity index (χ0n) is 7.41. The van der Waals surface area contributed by atoms with Crippen molar-refractivity contribution < 1.29 is 14.6 Å². The van der Waals surface area contributed by atoms with Crippen molar-refractivity contribution in [2.24, 2.45) is 5.73 Å².